The molecule has 1 heterocycles. The van der Waals surface area contributed by atoms with Gasteiger partial charge in [-0.2, -0.15) is 26.3 Å². The van der Waals surface area contributed by atoms with E-state index in [2.05, 4.69) is 16.8 Å². The van der Waals surface area contributed by atoms with Crippen molar-refractivity contribution in [2.24, 2.45) is 0 Å². The smallest absolute Gasteiger partial charge is 0.475 e. The molecule has 0 fully saturated rings. The third-order valence-electron chi connectivity index (χ3n) is 3.55. The number of nitrogens with zero attached hydrogens (tertiary/aromatic N) is 2. The van der Waals surface area contributed by atoms with E-state index in [-0.39, 0.29) is 11.1 Å². The number of para-hydroxylation sites is 1. The molecule has 1 aromatic heterocycles. The number of aliphatic carboxylic acids is 1. The summed E-state index contributed by atoms with van der Waals surface area (Å²) < 4.78 is 72.5. The number of hydrogen-bond acceptors (Lipinski definition) is 3. The van der Waals surface area contributed by atoms with Crippen molar-refractivity contribution in [3.8, 4) is 17.5 Å². The van der Waals surface area contributed by atoms with E-state index in [1.807, 2.05) is 30.3 Å². The molecule has 0 saturated carbocycles. The number of carboxylic acid groups (broad SMARTS) is 1. The monoisotopic (exact) mass is 430 g/mol. The minimum absolute atomic E-state index is 0.172. The first-order valence-electron chi connectivity index (χ1n) is 7.98. The Morgan fingerprint density at radius 1 is 1.07 bits per heavy atom. The molecule has 0 unspecified atom stereocenters. The molecule has 158 valence electrons. The summed E-state index contributed by atoms with van der Waals surface area (Å²) in [6.45, 7) is -0.433. The maximum atomic E-state index is 13.0. The van der Waals surface area contributed by atoms with Gasteiger partial charge < -0.3 is 10.2 Å². The summed E-state index contributed by atoms with van der Waals surface area (Å²) in [5.74, 6) is 2.23. The summed E-state index contributed by atoms with van der Waals surface area (Å²) in [6, 6.07) is 11.1. The Morgan fingerprint density at radius 2 is 1.67 bits per heavy atom. The van der Waals surface area contributed by atoms with Crippen LogP contribution in [0.5, 0.6) is 0 Å². The molecule has 0 spiro atoms. The molecular formula is C19H12F6N2O3. The van der Waals surface area contributed by atoms with Crippen LogP contribution in [0.1, 0.15) is 11.1 Å². The molecule has 0 aliphatic heterocycles. The lowest BCUT2D eigenvalue weighted by atomic mass is 10.1. The first-order chi connectivity index (χ1) is 13.9. The van der Waals surface area contributed by atoms with Crippen molar-refractivity contribution in [3.63, 3.8) is 0 Å². The largest absolute Gasteiger partial charge is 0.490 e. The number of aromatic nitrogens is 2. The summed E-state index contributed by atoms with van der Waals surface area (Å²) >= 11 is 0. The standard InChI is InChI=1S/C17H11F3N2O.C2HF3O2/c18-17(19,20)13-9-12(5-4-8-23)16-15(10-13)21-11-22(16)14-6-2-1-3-7-14;3-2(4,5)1(6)7/h1-3,6-7,9-11,23H,8H2;(H,6,7). The van der Waals surface area contributed by atoms with Gasteiger partial charge >= 0.3 is 18.3 Å². The van der Waals surface area contributed by atoms with E-state index in [1.165, 1.54) is 6.33 Å². The van der Waals surface area contributed by atoms with Gasteiger partial charge in [0.15, 0.2) is 0 Å². The lowest BCUT2D eigenvalue weighted by molar-refractivity contribution is -0.192. The number of alkyl halides is 6. The third-order valence-corrected chi connectivity index (χ3v) is 3.55. The number of imidazole rings is 1. The predicted molar refractivity (Wildman–Crippen MR) is 93.7 cm³/mol. The maximum Gasteiger partial charge on any atom is 0.490 e. The maximum absolute atomic E-state index is 13.0. The molecule has 0 bridgehead atoms. The van der Waals surface area contributed by atoms with Gasteiger partial charge in [-0.1, -0.05) is 30.0 Å². The molecule has 2 N–H and O–H groups in total. The van der Waals surface area contributed by atoms with Gasteiger partial charge in [0.1, 0.15) is 12.9 Å². The fourth-order valence-electron chi connectivity index (χ4n) is 2.33. The summed E-state index contributed by atoms with van der Waals surface area (Å²) in [5.41, 5.74) is 0.800. The van der Waals surface area contributed by atoms with Crippen molar-refractivity contribution < 1.29 is 41.4 Å². The number of benzene rings is 2. The van der Waals surface area contributed by atoms with Crippen molar-refractivity contribution >= 4 is 17.0 Å². The number of halogens is 6. The third kappa shape index (κ3) is 5.51. The molecule has 0 saturated heterocycles. The van der Waals surface area contributed by atoms with Crippen LogP contribution in [0.3, 0.4) is 0 Å². The van der Waals surface area contributed by atoms with E-state index in [4.69, 9.17) is 15.0 Å². The fourth-order valence-corrected chi connectivity index (χ4v) is 2.33. The Bertz CT molecular complexity index is 1090. The van der Waals surface area contributed by atoms with Gasteiger partial charge in [-0.3, -0.25) is 4.57 Å². The van der Waals surface area contributed by atoms with Crippen LogP contribution in [0.4, 0.5) is 26.3 Å². The summed E-state index contributed by atoms with van der Waals surface area (Å²) in [4.78, 5) is 13.0. The predicted octanol–water partition coefficient (Wildman–Crippen LogP) is 4.02. The quantitative estimate of drug-likeness (QED) is 0.452. The normalized spacial score (nSPS) is 11.3. The van der Waals surface area contributed by atoms with Crippen LogP contribution in [0.2, 0.25) is 0 Å². The van der Waals surface area contributed by atoms with E-state index in [0.29, 0.717) is 5.52 Å². The molecule has 0 amide bonds. The molecule has 0 radical (unpaired) electrons. The van der Waals surface area contributed by atoms with Crippen molar-refractivity contribution in [2.75, 3.05) is 6.61 Å². The zero-order valence-electron chi connectivity index (χ0n) is 14.8. The van der Waals surface area contributed by atoms with Gasteiger partial charge in [-0.05, 0) is 24.3 Å². The Kier molecular flexibility index (Phi) is 6.73. The van der Waals surface area contributed by atoms with Gasteiger partial charge in [0.2, 0.25) is 0 Å². The molecule has 3 aromatic rings. The number of hydrogen-bond donors (Lipinski definition) is 2. The van der Waals surface area contributed by atoms with Crippen LogP contribution in [0.15, 0.2) is 48.8 Å². The van der Waals surface area contributed by atoms with E-state index in [9.17, 15) is 26.3 Å². The number of fused-ring (bicyclic) bond motifs is 1. The van der Waals surface area contributed by atoms with E-state index in [1.54, 1.807) is 4.57 Å². The van der Waals surface area contributed by atoms with Gasteiger partial charge in [0, 0.05) is 5.69 Å². The zero-order valence-corrected chi connectivity index (χ0v) is 14.8. The van der Waals surface area contributed by atoms with E-state index < -0.39 is 30.5 Å². The second-order valence-electron chi connectivity index (χ2n) is 5.60. The highest BCUT2D eigenvalue weighted by Gasteiger charge is 2.38. The Morgan fingerprint density at radius 3 is 2.17 bits per heavy atom. The Balaban J connectivity index is 0.000000396. The minimum atomic E-state index is -5.08. The second kappa shape index (κ2) is 8.87. The highest BCUT2D eigenvalue weighted by molar-refractivity contribution is 5.85. The van der Waals surface area contributed by atoms with Crippen molar-refractivity contribution in [2.45, 2.75) is 12.4 Å². The lowest BCUT2D eigenvalue weighted by Gasteiger charge is -2.10. The van der Waals surface area contributed by atoms with Crippen LogP contribution in [-0.4, -0.2) is 38.5 Å². The van der Waals surface area contributed by atoms with Crippen molar-refractivity contribution in [1.29, 1.82) is 0 Å². The topological polar surface area (TPSA) is 75.3 Å². The van der Waals surface area contributed by atoms with Gasteiger partial charge in [-0.15, -0.1) is 0 Å². The second-order valence-corrected chi connectivity index (χ2v) is 5.60. The highest BCUT2D eigenvalue weighted by atomic mass is 19.4. The zero-order chi connectivity index (χ0) is 22.5. The molecule has 11 heteroatoms. The summed E-state index contributed by atoms with van der Waals surface area (Å²) in [7, 11) is 0. The van der Waals surface area contributed by atoms with E-state index in [0.717, 1.165) is 17.8 Å². The molecule has 0 aliphatic rings. The number of carbonyl (C=O) groups is 1. The molecule has 0 aliphatic carbocycles. The first kappa shape index (κ1) is 22.8. The minimum Gasteiger partial charge on any atom is -0.475 e. The molecule has 30 heavy (non-hydrogen) atoms. The number of aliphatic hydroxyl groups excluding tert-OH is 1. The number of rotatable bonds is 1. The highest BCUT2D eigenvalue weighted by Crippen LogP contribution is 2.33. The van der Waals surface area contributed by atoms with Gasteiger partial charge in [0.05, 0.1) is 22.2 Å². The fraction of sp³-hybridized carbons (Fsp3) is 0.158. The Hall–Kier alpha value is -3.52. The molecule has 5 nitrogen and oxygen atoms in total. The van der Waals surface area contributed by atoms with Crippen LogP contribution >= 0.6 is 0 Å². The Labute approximate surface area is 165 Å². The SMILES string of the molecule is O=C(O)C(F)(F)F.OCC#Cc1cc(C(F)(F)F)cc2ncn(-c3ccccc3)c12. The van der Waals surface area contributed by atoms with Crippen LogP contribution in [0, 0.1) is 11.8 Å². The average molecular weight is 430 g/mol. The number of carboxylic acids is 1. The van der Waals surface area contributed by atoms with Crippen molar-refractivity contribution in [3.05, 3.63) is 59.9 Å². The van der Waals surface area contributed by atoms with Crippen LogP contribution < -0.4 is 0 Å². The lowest BCUT2D eigenvalue weighted by Crippen LogP contribution is -2.21. The summed E-state index contributed by atoms with van der Waals surface area (Å²) in [6.07, 6.45) is -8.11. The molecule has 2 aromatic carbocycles. The van der Waals surface area contributed by atoms with E-state index >= 15 is 0 Å². The molecule has 3 rings (SSSR count). The molecule has 0 atom stereocenters. The number of aliphatic hydroxyl groups is 1. The van der Waals surface area contributed by atoms with Crippen molar-refractivity contribution in [1.82, 2.24) is 9.55 Å². The average Bonchev–Trinajstić information content (AvgIpc) is 3.10. The van der Waals surface area contributed by atoms with Gasteiger partial charge in [-0.25, -0.2) is 9.78 Å². The van der Waals surface area contributed by atoms with Gasteiger partial charge in [0.25, 0.3) is 0 Å². The summed E-state index contributed by atoms with van der Waals surface area (Å²) in [5, 5.41) is 16.0. The van der Waals surface area contributed by atoms with Crippen LogP contribution in [-0.2, 0) is 11.0 Å². The van der Waals surface area contributed by atoms with Crippen LogP contribution in [0.25, 0.3) is 16.7 Å². The molecular weight excluding hydrogens is 418 g/mol. The first-order valence-corrected chi connectivity index (χ1v) is 7.98.